The first-order valence-corrected chi connectivity index (χ1v) is 11.0. The summed E-state index contributed by atoms with van der Waals surface area (Å²) < 4.78 is 39.1. The average Bonchev–Trinajstić information content (AvgIpc) is 3.04. The molecule has 2 aromatic carbocycles. The molecule has 1 fully saturated rings. The smallest absolute Gasteiger partial charge is 0.166 e. The summed E-state index contributed by atoms with van der Waals surface area (Å²) in [4.78, 5) is 18.8. The zero-order chi connectivity index (χ0) is 19.5. The van der Waals surface area contributed by atoms with Crippen molar-refractivity contribution < 1.29 is 17.6 Å². The maximum atomic E-state index is 13.9. The molecule has 0 unspecified atom stereocenters. The Morgan fingerprint density at radius 2 is 1.71 bits per heavy atom. The highest BCUT2D eigenvalue weighted by atomic mass is 32.2. The molecule has 0 aliphatic carbocycles. The maximum absolute atomic E-state index is 13.9. The summed E-state index contributed by atoms with van der Waals surface area (Å²) in [6.07, 6.45) is 0.329. The molecule has 0 bridgehead atoms. The predicted octanol–water partition coefficient (Wildman–Crippen LogP) is 2.66. The summed E-state index contributed by atoms with van der Waals surface area (Å²) in [5, 5.41) is 0. The Kier molecular flexibility index (Phi) is 3.80. The van der Waals surface area contributed by atoms with Crippen molar-refractivity contribution in [3.8, 4) is 11.4 Å². The van der Waals surface area contributed by atoms with Crippen molar-refractivity contribution >= 4 is 32.3 Å². The van der Waals surface area contributed by atoms with Gasteiger partial charge in [-0.15, -0.1) is 0 Å². The third kappa shape index (κ3) is 2.79. The molecule has 2 aliphatic heterocycles. The van der Waals surface area contributed by atoms with Gasteiger partial charge in [0.05, 0.1) is 22.5 Å². The number of hydrogen-bond donors (Lipinski definition) is 0. The van der Waals surface area contributed by atoms with Gasteiger partial charge in [0.25, 0.3) is 0 Å². The van der Waals surface area contributed by atoms with Crippen molar-refractivity contribution in [2.45, 2.75) is 13.0 Å². The highest BCUT2D eigenvalue weighted by molar-refractivity contribution is 7.91. The number of Topliss-reactive ketones (excluding diaryl/α,β-unsaturated/α-hetero) is 1. The third-order valence-electron chi connectivity index (χ3n) is 5.50. The van der Waals surface area contributed by atoms with Crippen molar-refractivity contribution in [3.05, 3.63) is 47.8 Å². The highest BCUT2D eigenvalue weighted by Gasteiger charge is 2.25. The molecular weight excluding hydrogens is 381 g/mol. The number of imidazole rings is 1. The largest absolute Gasteiger partial charge is 0.369 e. The zero-order valence-corrected chi connectivity index (χ0v) is 15.9. The number of sulfone groups is 1. The average molecular weight is 399 g/mol. The first-order valence-electron chi connectivity index (χ1n) is 9.20. The fourth-order valence-electron chi connectivity index (χ4n) is 4.02. The van der Waals surface area contributed by atoms with Crippen molar-refractivity contribution in [2.75, 3.05) is 29.5 Å². The van der Waals surface area contributed by atoms with E-state index in [9.17, 15) is 17.6 Å². The molecule has 0 radical (unpaired) electrons. The molecule has 3 aromatic rings. The Balaban J connectivity index is 1.52. The van der Waals surface area contributed by atoms with E-state index >= 15 is 0 Å². The Bertz CT molecular complexity index is 1200. The third-order valence-corrected chi connectivity index (χ3v) is 7.11. The van der Waals surface area contributed by atoms with Crippen LogP contribution < -0.4 is 4.90 Å². The Hall–Kier alpha value is -2.74. The molecule has 28 heavy (non-hydrogen) atoms. The second-order valence-electron chi connectivity index (χ2n) is 7.27. The van der Waals surface area contributed by atoms with Gasteiger partial charge in [-0.25, -0.2) is 17.8 Å². The molecule has 1 aromatic heterocycles. The second kappa shape index (κ2) is 6.13. The van der Waals surface area contributed by atoms with E-state index in [2.05, 4.69) is 9.88 Å². The highest BCUT2D eigenvalue weighted by Crippen LogP contribution is 2.32. The fourth-order valence-corrected chi connectivity index (χ4v) is 5.23. The molecule has 0 saturated carbocycles. The maximum Gasteiger partial charge on any atom is 0.166 e. The van der Waals surface area contributed by atoms with Crippen molar-refractivity contribution in [3.63, 3.8) is 0 Å². The van der Waals surface area contributed by atoms with E-state index in [1.807, 2.05) is 28.8 Å². The number of aryl methyl sites for hydroxylation is 1. The van der Waals surface area contributed by atoms with Gasteiger partial charge < -0.3 is 9.47 Å². The number of hydrogen-bond acceptors (Lipinski definition) is 5. The lowest BCUT2D eigenvalue weighted by molar-refractivity contribution is 0.0973. The molecule has 2 aliphatic rings. The van der Waals surface area contributed by atoms with Crippen LogP contribution in [0, 0.1) is 5.82 Å². The number of ketones is 1. The monoisotopic (exact) mass is 399 g/mol. The molecule has 1 saturated heterocycles. The van der Waals surface area contributed by atoms with Crippen LogP contribution in [-0.2, 0) is 16.4 Å². The topological polar surface area (TPSA) is 72.3 Å². The van der Waals surface area contributed by atoms with Crippen LogP contribution in [0.25, 0.3) is 22.4 Å². The molecule has 8 heteroatoms. The van der Waals surface area contributed by atoms with Crippen LogP contribution in [-0.4, -0.2) is 48.3 Å². The lowest BCUT2D eigenvalue weighted by Gasteiger charge is -2.28. The predicted molar refractivity (Wildman–Crippen MR) is 105 cm³/mol. The summed E-state index contributed by atoms with van der Waals surface area (Å²) >= 11 is 0. The molecule has 5 rings (SSSR count). The Morgan fingerprint density at radius 3 is 2.43 bits per heavy atom. The Morgan fingerprint density at radius 1 is 1.00 bits per heavy atom. The zero-order valence-electron chi connectivity index (χ0n) is 15.1. The van der Waals surface area contributed by atoms with Gasteiger partial charge in [0.1, 0.15) is 11.6 Å². The quantitative estimate of drug-likeness (QED) is 0.663. The van der Waals surface area contributed by atoms with E-state index in [4.69, 9.17) is 0 Å². The van der Waals surface area contributed by atoms with E-state index in [0.29, 0.717) is 48.5 Å². The number of nitrogens with zero attached hydrogens (tertiary/aromatic N) is 3. The number of aromatic nitrogens is 2. The number of carbonyl (C=O) groups excluding carboxylic acids is 1. The fraction of sp³-hybridized carbons (Fsp3) is 0.300. The Labute approximate surface area is 161 Å². The minimum atomic E-state index is -2.92. The van der Waals surface area contributed by atoms with Crippen LogP contribution in [0.3, 0.4) is 0 Å². The van der Waals surface area contributed by atoms with Crippen LogP contribution in [0.5, 0.6) is 0 Å². The molecule has 0 spiro atoms. The normalized spacial score (nSPS) is 18.6. The number of carbonyl (C=O) groups is 1. The minimum absolute atomic E-state index is 0.0566. The number of benzene rings is 2. The van der Waals surface area contributed by atoms with Gasteiger partial charge in [0.2, 0.25) is 0 Å². The van der Waals surface area contributed by atoms with E-state index in [1.54, 1.807) is 0 Å². The summed E-state index contributed by atoms with van der Waals surface area (Å²) in [5.74, 6) is 0.546. The summed E-state index contributed by atoms with van der Waals surface area (Å²) in [7, 11) is -2.92. The van der Waals surface area contributed by atoms with Gasteiger partial charge >= 0.3 is 0 Å². The molecule has 0 N–H and O–H groups in total. The van der Waals surface area contributed by atoms with Gasteiger partial charge in [-0.2, -0.15) is 0 Å². The van der Waals surface area contributed by atoms with Crippen LogP contribution in [0.2, 0.25) is 0 Å². The van der Waals surface area contributed by atoms with E-state index in [-0.39, 0.29) is 17.3 Å². The SMILES string of the molecule is O=C1CCn2c(-c3ccc(N4CCS(=O)(=O)CC4)cc3)nc3cc(F)cc1c32. The number of halogens is 1. The molecule has 144 valence electrons. The molecule has 3 heterocycles. The van der Waals surface area contributed by atoms with Crippen LogP contribution in [0.1, 0.15) is 16.8 Å². The van der Waals surface area contributed by atoms with Crippen molar-refractivity contribution in [1.82, 2.24) is 9.55 Å². The van der Waals surface area contributed by atoms with Gasteiger partial charge in [0.15, 0.2) is 15.6 Å². The second-order valence-corrected chi connectivity index (χ2v) is 9.57. The van der Waals surface area contributed by atoms with E-state index < -0.39 is 15.7 Å². The van der Waals surface area contributed by atoms with Crippen molar-refractivity contribution in [2.24, 2.45) is 0 Å². The molecule has 0 amide bonds. The van der Waals surface area contributed by atoms with Crippen LogP contribution >= 0.6 is 0 Å². The number of rotatable bonds is 2. The molecular formula is C20H18FN3O3S. The van der Waals surface area contributed by atoms with Gasteiger partial charge in [-0.05, 0) is 30.3 Å². The standard InChI is InChI=1S/C20H18FN3O3S/c21-14-11-16-18(25)5-6-24-19(16)17(12-14)22-20(24)13-1-3-15(4-2-13)23-7-9-28(26,27)10-8-23/h1-4,11-12H,5-10H2. The minimum Gasteiger partial charge on any atom is -0.369 e. The van der Waals surface area contributed by atoms with Gasteiger partial charge in [0, 0.05) is 48.9 Å². The van der Waals surface area contributed by atoms with Gasteiger partial charge in [-0.1, -0.05) is 0 Å². The lowest BCUT2D eigenvalue weighted by atomic mass is 10.0. The van der Waals surface area contributed by atoms with Crippen LogP contribution in [0.15, 0.2) is 36.4 Å². The lowest BCUT2D eigenvalue weighted by Crippen LogP contribution is -2.40. The van der Waals surface area contributed by atoms with Gasteiger partial charge in [-0.3, -0.25) is 4.79 Å². The van der Waals surface area contributed by atoms with E-state index in [0.717, 1.165) is 11.3 Å². The molecule has 6 nitrogen and oxygen atoms in total. The first kappa shape index (κ1) is 17.4. The summed E-state index contributed by atoms with van der Waals surface area (Å²) in [5.41, 5.74) is 3.42. The number of anilines is 1. The van der Waals surface area contributed by atoms with E-state index in [1.165, 1.54) is 12.1 Å². The molecule has 0 atom stereocenters. The summed E-state index contributed by atoms with van der Waals surface area (Å²) in [6.45, 7) is 1.50. The van der Waals surface area contributed by atoms with Crippen LogP contribution in [0.4, 0.5) is 10.1 Å². The summed E-state index contributed by atoms with van der Waals surface area (Å²) in [6, 6.07) is 10.4. The first-order chi connectivity index (χ1) is 13.4. The van der Waals surface area contributed by atoms with Crippen molar-refractivity contribution in [1.29, 1.82) is 0 Å².